The normalized spacial score (nSPS) is 10.3. The van der Waals surface area contributed by atoms with Crippen molar-refractivity contribution in [1.29, 1.82) is 0 Å². The van der Waals surface area contributed by atoms with Crippen LogP contribution in [0.3, 0.4) is 0 Å². The first-order valence-corrected chi connectivity index (χ1v) is 8.54. The average Bonchev–Trinajstić information content (AvgIpc) is 2.88. The number of methoxy groups -OCH3 is 1. The molecular formula is C17H18ClNO4S. The van der Waals surface area contributed by atoms with E-state index in [0.29, 0.717) is 27.8 Å². The third-order valence-corrected chi connectivity index (χ3v) is 4.70. The minimum absolute atomic E-state index is 0.166. The van der Waals surface area contributed by atoms with Crippen molar-refractivity contribution in [3.63, 3.8) is 0 Å². The summed E-state index contributed by atoms with van der Waals surface area (Å²) in [6.45, 7) is 3.70. The number of nitrogens with one attached hydrogen (secondary N) is 1. The van der Waals surface area contributed by atoms with Crippen LogP contribution in [-0.4, -0.2) is 25.6 Å². The molecule has 1 aromatic carbocycles. The Hall–Kier alpha value is -2.05. The van der Waals surface area contributed by atoms with Crippen molar-refractivity contribution in [3.05, 3.63) is 45.3 Å². The van der Waals surface area contributed by atoms with Crippen molar-refractivity contribution in [2.75, 3.05) is 19.0 Å². The second-order valence-corrected chi connectivity index (χ2v) is 6.64. The number of benzene rings is 1. The fourth-order valence-corrected chi connectivity index (χ4v) is 3.53. The minimum Gasteiger partial charge on any atom is -0.484 e. The number of aryl methyl sites for hydroxylation is 1. The molecule has 2 aromatic rings. The van der Waals surface area contributed by atoms with Crippen LogP contribution in [0.2, 0.25) is 5.02 Å². The van der Waals surface area contributed by atoms with Crippen molar-refractivity contribution < 1.29 is 19.1 Å². The second kappa shape index (κ2) is 8.17. The van der Waals surface area contributed by atoms with Crippen LogP contribution < -0.4 is 10.1 Å². The third-order valence-electron chi connectivity index (χ3n) is 3.39. The lowest BCUT2D eigenvalue weighted by Crippen LogP contribution is -2.21. The largest absolute Gasteiger partial charge is 0.484 e. The number of thiophene rings is 1. The molecule has 0 spiro atoms. The molecule has 1 N–H and O–H groups in total. The number of halogens is 1. The van der Waals surface area contributed by atoms with Gasteiger partial charge in [-0.1, -0.05) is 18.5 Å². The van der Waals surface area contributed by atoms with Gasteiger partial charge in [-0.2, -0.15) is 0 Å². The summed E-state index contributed by atoms with van der Waals surface area (Å²) in [6.07, 6.45) is 0.684. The van der Waals surface area contributed by atoms with Gasteiger partial charge in [0.1, 0.15) is 10.8 Å². The Morgan fingerprint density at radius 1 is 1.25 bits per heavy atom. The average molecular weight is 368 g/mol. The van der Waals surface area contributed by atoms with Gasteiger partial charge in [0.25, 0.3) is 5.91 Å². The summed E-state index contributed by atoms with van der Waals surface area (Å²) in [6, 6.07) is 6.72. The van der Waals surface area contributed by atoms with E-state index in [1.165, 1.54) is 18.4 Å². The molecule has 0 fully saturated rings. The molecule has 1 heterocycles. The number of anilines is 1. The van der Waals surface area contributed by atoms with Crippen molar-refractivity contribution in [2.45, 2.75) is 20.3 Å². The van der Waals surface area contributed by atoms with E-state index in [1.54, 1.807) is 24.3 Å². The number of rotatable bonds is 6. The lowest BCUT2D eigenvalue weighted by molar-refractivity contribution is -0.118. The third kappa shape index (κ3) is 4.27. The van der Waals surface area contributed by atoms with Gasteiger partial charge in [-0.05, 0) is 43.2 Å². The maximum absolute atomic E-state index is 12.1. The molecular weight excluding hydrogens is 350 g/mol. The number of esters is 1. The van der Waals surface area contributed by atoms with Gasteiger partial charge in [0, 0.05) is 9.90 Å². The Bertz CT molecular complexity index is 740. The molecule has 7 heteroatoms. The van der Waals surface area contributed by atoms with Crippen molar-refractivity contribution in [3.8, 4) is 5.75 Å². The molecule has 0 radical (unpaired) electrons. The van der Waals surface area contributed by atoms with E-state index >= 15 is 0 Å². The number of carbonyl (C=O) groups is 2. The number of hydrogen-bond acceptors (Lipinski definition) is 5. The fraction of sp³-hybridized carbons (Fsp3) is 0.294. The molecule has 0 saturated carbocycles. The Morgan fingerprint density at radius 2 is 1.92 bits per heavy atom. The monoisotopic (exact) mass is 367 g/mol. The standard InChI is InChI=1S/C17H18ClNO4S/c1-4-13-10(2)24-16(15(13)17(21)22-3)19-14(20)9-23-12-7-5-11(18)6-8-12/h5-8H,4,9H2,1-3H3,(H,19,20). The molecule has 1 aromatic heterocycles. The highest BCUT2D eigenvalue weighted by Gasteiger charge is 2.23. The second-order valence-electron chi connectivity index (χ2n) is 4.98. The van der Waals surface area contributed by atoms with Crippen LogP contribution in [0.1, 0.15) is 27.7 Å². The number of carbonyl (C=O) groups excluding carboxylic acids is 2. The van der Waals surface area contributed by atoms with Gasteiger partial charge in [0.15, 0.2) is 6.61 Å². The summed E-state index contributed by atoms with van der Waals surface area (Å²) < 4.78 is 10.2. The van der Waals surface area contributed by atoms with E-state index in [0.717, 1.165) is 10.4 Å². The van der Waals surface area contributed by atoms with Gasteiger partial charge in [-0.15, -0.1) is 11.3 Å². The summed E-state index contributed by atoms with van der Waals surface area (Å²) in [4.78, 5) is 25.1. The molecule has 0 saturated heterocycles. The van der Waals surface area contributed by atoms with Crippen molar-refractivity contribution >= 4 is 39.8 Å². The SMILES string of the molecule is CCc1c(C)sc(NC(=O)COc2ccc(Cl)cc2)c1C(=O)OC. The zero-order chi connectivity index (χ0) is 17.7. The summed E-state index contributed by atoms with van der Waals surface area (Å²) in [7, 11) is 1.32. The topological polar surface area (TPSA) is 64.6 Å². The first kappa shape index (κ1) is 18.3. The Balaban J connectivity index is 2.08. The lowest BCUT2D eigenvalue weighted by Gasteiger charge is -2.08. The highest BCUT2D eigenvalue weighted by molar-refractivity contribution is 7.16. The zero-order valence-corrected chi connectivity index (χ0v) is 15.2. The fourth-order valence-electron chi connectivity index (χ4n) is 2.25. The predicted molar refractivity (Wildman–Crippen MR) is 95.4 cm³/mol. The van der Waals surface area contributed by atoms with Crippen LogP contribution in [0.25, 0.3) is 0 Å². The van der Waals surface area contributed by atoms with E-state index in [1.807, 2.05) is 13.8 Å². The van der Waals surface area contributed by atoms with E-state index in [4.69, 9.17) is 21.1 Å². The van der Waals surface area contributed by atoms with E-state index in [2.05, 4.69) is 5.32 Å². The molecule has 0 atom stereocenters. The summed E-state index contributed by atoms with van der Waals surface area (Å²) in [5, 5.41) is 3.81. The van der Waals surface area contributed by atoms with Gasteiger partial charge in [0.2, 0.25) is 0 Å². The quantitative estimate of drug-likeness (QED) is 0.781. The van der Waals surface area contributed by atoms with Crippen LogP contribution in [0.15, 0.2) is 24.3 Å². The summed E-state index contributed by atoms with van der Waals surface area (Å²) >= 11 is 7.15. The molecule has 24 heavy (non-hydrogen) atoms. The molecule has 128 valence electrons. The highest BCUT2D eigenvalue weighted by atomic mass is 35.5. The van der Waals surface area contributed by atoms with Gasteiger partial charge >= 0.3 is 5.97 Å². The van der Waals surface area contributed by atoms with Gasteiger partial charge < -0.3 is 14.8 Å². The van der Waals surface area contributed by atoms with Crippen LogP contribution >= 0.6 is 22.9 Å². The van der Waals surface area contributed by atoms with Crippen LogP contribution in [0.5, 0.6) is 5.75 Å². The maximum atomic E-state index is 12.1. The maximum Gasteiger partial charge on any atom is 0.341 e. The molecule has 1 amide bonds. The first-order chi connectivity index (χ1) is 11.5. The molecule has 0 aliphatic heterocycles. The van der Waals surface area contributed by atoms with E-state index < -0.39 is 5.97 Å². The highest BCUT2D eigenvalue weighted by Crippen LogP contribution is 2.34. The predicted octanol–water partition coefficient (Wildman–Crippen LogP) is 4.08. The number of ether oxygens (including phenoxy) is 2. The Labute approximate surface area is 149 Å². The number of amides is 1. The minimum atomic E-state index is -0.454. The van der Waals surface area contributed by atoms with Gasteiger partial charge in [-0.25, -0.2) is 4.79 Å². The van der Waals surface area contributed by atoms with Crippen molar-refractivity contribution in [1.82, 2.24) is 0 Å². The van der Waals surface area contributed by atoms with Crippen molar-refractivity contribution in [2.24, 2.45) is 0 Å². The number of hydrogen-bond donors (Lipinski definition) is 1. The smallest absolute Gasteiger partial charge is 0.341 e. The van der Waals surface area contributed by atoms with E-state index in [9.17, 15) is 9.59 Å². The molecule has 2 rings (SSSR count). The lowest BCUT2D eigenvalue weighted by atomic mass is 10.1. The van der Waals surface area contributed by atoms with Crippen LogP contribution in [0.4, 0.5) is 5.00 Å². The molecule has 0 unspecified atom stereocenters. The summed E-state index contributed by atoms with van der Waals surface area (Å²) in [5.74, 6) is -0.261. The molecule has 0 aliphatic carbocycles. The molecule has 5 nitrogen and oxygen atoms in total. The molecule has 0 aliphatic rings. The first-order valence-electron chi connectivity index (χ1n) is 7.35. The van der Waals surface area contributed by atoms with Crippen LogP contribution in [0, 0.1) is 6.92 Å². The zero-order valence-electron chi connectivity index (χ0n) is 13.6. The Kier molecular flexibility index (Phi) is 6.23. The van der Waals surface area contributed by atoms with Crippen LogP contribution in [-0.2, 0) is 16.0 Å². The summed E-state index contributed by atoms with van der Waals surface area (Å²) in [5.41, 5.74) is 1.31. The molecule has 0 bridgehead atoms. The van der Waals surface area contributed by atoms with Gasteiger partial charge in [0.05, 0.1) is 12.7 Å². The Morgan fingerprint density at radius 3 is 2.50 bits per heavy atom. The van der Waals surface area contributed by atoms with Gasteiger partial charge in [-0.3, -0.25) is 4.79 Å². The van der Waals surface area contributed by atoms with E-state index in [-0.39, 0.29) is 12.5 Å².